The molecule has 0 fully saturated rings. The van der Waals surface area contributed by atoms with Crippen LogP contribution in [0.3, 0.4) is 0 Å². The molecule has 0 atom stereocenters. The predicted molar refractivity (Wildman–Crippen MR) is 131 cm³/mol. The van der Waals surface area contributed by atoms with E-state index in [1.54, 1.807) is 12.2 Å². The third-order valence-electron chi connectivity index (χ3n) is 5.78. The number of cyclic esters (lactones) is 2. The van der Waals surface area contributed by atoms with Crippen LogP contribution in [0, 0.1) is 11.8 Å². The molecule has 0 aromatic carbocycles. The van der Waals surface area contributed by atoms with Gasteiger partial charge in [-0.25, -0.2) is 0 Å². The van der Waals surface area contributed by atoms with Crippen LogP contribution in [0.5, 0.6) is 0 Å². The summed E-state index contributed by atoms with van der Waals surface area (Å²) in [6, 6.07) is 0. The van der Waals surface area contributed by atoms with Crippen LogP contribution >= 0.6 is 0 Å². The van der Waals surface area contributed by atoms with Gasteiger partial charge in [-0.15, -0.1) is 11.8 Å². The maximum atomic E-state index is 11.7. The van der Waals surface area contributed by atoms with Crippen molar-refractivity contribution < 1.29 is 19.1 Å². The zero-order valence-corrected chi connectivity index (χ0v) is 20.3. The van der Waals surface area contributed by atoms with E-state index >= 15 is 0 Å². The summed E-state index contributed by atoms with van der Waals surface area (Å²) in [5.41, 5.74) is 0. The first-order chi connectivity index (χ1) is 15.8. The van der Waals surface area contributed by atoms with Crippen molar-refractivity contribution in [2.24, 2.45) is 0 Å². The highest BCUT2D eigenvalue weighted by Crippen LogP contribution is 2.11. The molecule has 0 spiro atoms. The van der Waals surface area contributed by atoms with Crippen molar-refractivity contribution in [1.82, 2.24) is 0 Å². The molecule has 1 rings (SSSR count). The normalized spacial score (nSPS) is 22.4. The first kappa shape index (κ1) is 28.3. The number of carbonyl (C=O) groups excluding carboxylic acids is 2. The predicted octanol–water partition coefficient (Wildman–Crippen LogP) is 7.45. The number of hydrogen-bond donors (Lipinski definition) is 0. The zero-order chi connectivity index (χ0) is 23.0. The summed E-state index contributed by atoms with van der Waals surface area (Å²) in [4.78, 5) is 23.4. The molecule has 0 aromatic heterocycles. The second-order valence-electron chi connectivity index (χ2n) is 8.83. The Bertz CT molecular complexity index is 510. The summed E-state index contributed by atoms with van der Waals surface area (Å²) < 4.78 is 10.5. The van der Waals surface area contributed by atoms with E-state index in [4.69, 9.17) is 9.47 Å². The van der Waals surface area contributed by atoms with Gasteiger partial charge >= 0.3 is 11.9 Å². The van der Waals surface area contributed by atoms with Crippen LogP contribution in [-0.2, 0) is 19.1 Å². The van der Waals surface area contributed by atoms with E-state index in [9.17, 15) is 9.59 Å². The number of hydrogen-bond acceptors (Lipinski definition) is 4. The molecule has 1 heterocycles. The number of carbonyl (C=O) groups is 2. The van der Waals surface area contributed by atoms with Crippen molar-refractivity contribution in [3.63, 3.8) is 0 Å². The molecular formula is C28H46O4. The summed E-state index contributed by atoms with van der Waals surface area (Å²) >= 11 is 0. The lowest BCUT2D eigenvalue weighted by molar-refractivity contribution is -0.144. The van der Waals surface area contributed by atoms with Crippen LogP contribution in [0.4, 0.5) is 0 Å². The lowest BCUT2D eigenvalue weighted by atomic mass is 10.1. The summed E-state index contributed by atoms with van der Waals surface area (Å²) in [5, 5.41) is 0. The second kappa shape index (κ2) is 22.4. The fourth-order valence-corrected chi connectivity index (χ4v) is 3.78. The number of rotatable bonds is 0. The molecule has 0 aliphatic carbocycles. The van der Waals surface area contributed by atoms with E-state index in [0.717, 1.165) is 38.5 Å². The van der Waals surface area contributed by atoms with Gasteiger partial charge < -0.3 is 9.47 Å². The molecular weight excluding hydrogens is 400 g/mol. The molecule has 1 aliphatic heterocycles. The molecule has 0 saturated heterocycles. The Labute approximate surface area is 196 Å². The molecule has 182 valence electrons. The largest absolute Gasteiger partial charge is 0.465 e. The minimum absolute atomic E-state index is 0.220. The molecule has 32 heavy (non-hydrogen) atoms. The maximum absolute atomic E-state index is 11.7. The second-order valence-corrected chi connectivity index (χ2v) is 8.83. The zero-order valence-electron chi connectivity index (χ0n) is 20.3. The SMILES string of the molecule is O=C1C/C=C\CC(=O)OCCCCCCCCCCC#CCCCCCCCCCCO1. The van der Waals surface area contributed by atoms with Gasteiger partial charge in [0, 0.05) is 12.8 Å². The smallest absolute Gasteiger partial charge is 0.309 e. The van der Waals surface area contributed by atoms with Gasteiger partial charge in [0.25, 0.3) is 0 Å². The molecule has 4 nitrogen and oxygen atoms in total. The van der Waals surface area contributed by atoms with Crippen LogP contribution in [0.25, 0.3) is 0 Å². The van der Waals surface area contributed by atoms with E-state index in [0.29, 0.717) is 13.2 Å². The lowest BCUT2D eigenvalue weighted by Gasteiger charge is -2.04. The van der Waals surface area contributed by atoms with Crippen molar-refractivity contribution in [3.05, 3.63) is 12.2 Å². The van der Waals surface area contributed by atoms with Crippen molar-refractivity contribution in [2.45, 2.75) is 128 Å². The fraction of sp³-hybridized carbons (Fsp3) is 0.786. The molecule has 0 radical (unpaired) electrons. The molecule has 0 amide bonds. The molecule has 4 heteroatoms. The number of esters is 2. The van der Waals surface area contributed by atoms with Gasteiger partial charge in [0.2, 0.25) is 0 Å². The highest BCUT2D eigenvalue weighted by molar-refractivity contribution is 5.73. The molecule has 0 N–H and O–H groups in total. The third-order valence-corrected chi connectivity index (χ3v) is 5.78. The van der Waals surface area contributed by atoms with Crippen LogP contribution in [0.2, 0.25) is 0 Å². The monoisotopic (exact) mass is 446 g/mol. The molecule has 0 bridgehead atoms. The van der Waals surface area contributed by atoms with Crippen molar-refractivity contribution in [3.8, 4) is 11.8 Å². The Kier molecular flexibility index (Phi) is 19.8. The Morgan fingerprint density at radius 3 is 1.16 bits per heavy atom. The summed E-state index contributed by atoms with van der Waals surface area (Å²) in [5.74, 6) is 6.23. The summed E-state index contributed by atoms with van der Waals surface area (Å²) in [6.45, 7) is 0.987. The van der Waals surface area contributed by atoms with Gasteiger partial charge in [-0.2, -0.15) is 0 Å². The van der Waals surface area contributed by atoms with E-state index in [-0.39, 0.29) is 24.8 Å². The van der Waals surface area contributed by atoms with Gasteiger partial charge in [-0.05, 0) is 25.7 Å². The quantitative estimate of drug-likeness (QED) is 0.220. The van der Waals surface area contributed by atoms with E-state index in [1.165, 1.54) is 77.0 Å². The highest BCUT2D eigenvalue weighted by atomic mass is 16.5. The van der Waals surface area contributed by atoms with Crippen LogP contribution in [-0.4, -0.2) is 25.2 Å². The van der Waals surface area contributed by atoms with Gasteiger partial charge in [-0.3, -0.25) is 9.59 Å². The Morgan fingerprint density at radius 1 is 0.469 bits per heavy atom. The summed E-state index contributed by atoms with van der Waals surface area (Å²) in [6.07, 6.45) is 25.2. The molecule has 0 unspecified atom stereocenters. The minimum Gasteiger partial charge on any atom is -0.465 e. The van der Waals surface area contributed by atoms with Gasteiger partial charge in [-0.1, -0.05) is 89.2 Å². The Balaban J connectivity index is 2.21. The Morgan fingerprint density at radius 2 is 0.781 bits per heavy atom. The summed E-state index contributed by atoms with van der Waals surface area (Å²) in [7, 11) is 0. The first-order valence-electron chi connectivity index (χ1n) is 13.2. The van der Waals surface area contributed by atoms with Crippen LogP contribution in [0.1, 0.15) is 128 Å². The molecule has 0 aromatic rings. The minimum atomic E-state index is -0.225. The first-order valence-corrected chi connectivity index (χ1v) is 13.2. The standard InChI is InChI=1S/C28H46O4/c29-27-23-19-20-24-28(30)32-26-22-18-16-14-12-10-8-6-4-2-1-3-5-7-9-11-13-15-17-21-25-31-27/h19-20H,3-18,21-26H2/b20-19-. The van der Waals surface area contributed by atoms with Crippen LogP contribution < -0.4 is 0 Å². The average Bonchev–Trinajstić information content (AvgIpc) is 2.79. The van der Waals surface area contributed by atoms with E-state index in [1.807, 2.05) is 0 Å². The fourth-order valence-electron chi connectivity index (χ4n) is 3.78. The topological polar surface area (TPSA) is 52.6 Å². The number of ether oxygens (including phenoxy) is 2. The Hall–Kier alpha value is -1.76. The van der Waals surface area contributed by atoms with Crippen molar-refractivity contribution in [2.75, 3.05) is 13.2 Å². The van der Waals surface area contributed by atoms with Crippen molar-refractivity contribution in [1.29, 1.82) is 0 Å². The molecule has 1 aliphatic rings. The third kappa shape index (κ3) is 20.2. The van der Waals surface area contributed by atoms with Crippen LogP contribution in [0.15, 0.2) is 12.2 Å². The lowest BCUT2D eigenvalue weighted by Crippen LogP contribution is -2.05. The van der Waals surface area contributed by atoms with Gasteiger partial charge in [0.15, 0.2) is 0 Å². The maximum Gasteiger partial charge on any atom is 0.309 e. The van der Waals surface area contributed by atoms with Crippen molar-refractivity contribution >= 4 is 11.9 Å². The van der Waals surface area contributed by atoms with E-state index in [2.05, 4.69) is 11.8 Å². The van der Waals surface area contributed by atoms with Gasteiger partial charge in [0.1, 0.15) is 0 Å². The average molecular weight is 447 g/mol. The van der Waals surface area contributed by atoms with E-state index < -0.39 is 0 Å². The molecule has 0 saturated carbocycles. The highest BCUT2D eigenvalue weighted by Gasteiger charge is 2.02. The van der Waals surface area contributed by atoms with Gasteiger partial charge in [0.05, 0.1) is 26.1 Å².